The SMILES string of the molecule is CCOC(=O)c1c(NC(=O)CSc2n[nH]c(N)n2)sc(C(=O)N(CC)CC)c1C. The molecule has 2 rings (SSSR count). The number of aromatic amines is 1. The van der Waals surface area contributed by atoms with Crippen LogP contribution in [-0.2, 0) is 9.53 Å². The van der Waals surface area contributed by atoms with Crippen LogP contribution in [0.2, 0.25) is 0 Å². The van der Waals surface area contributed by atoms with Crippen molar-refractivity contribution in [1.82, 2.24) is 20.1 Å². The lowest BCUT2D eigenvalue weighted by Gasteiger charge is -2.18. The molecule has 158 valence electrons. The Balaban J connectivity index is 2.25. The molecule has 0 radical (unpaired) electrons. The minimum atomic E-state index is -0.579. The molecule has 0 saturated carbocycles. The van der Waals surface area contributed by atoms with Crippen LogP contribution in [0.3, 0.4) is 0 Å². The first-order valence-electron chi connectivity index (χ1n) is 9.02. The molecule has 0 unspecified atom stereocenters. The number of esters is 1. The standard InChI is InChI=1S/C17H24N6O4S2/c1-5-23(6-2)14(25)12-9(4)11(15(26)27-7-3)13(29-12)19-10(24)8-28-17-20-16(18)21-22-17/h5-8H2,1-4H3,(H,19,24)(H3,18,20,21,22). The monoisotopic (exact) mass is 440 g/mol. The number of hydrogen-bond donors (Lipinski definition) is 3. The summed E-state index contributed by atoms with van der Waals surface area (Å²) in [5.41, 5.74) is 6.15. The van der Waals surface area contributed by atoms with E-state index in [1.54, 1.807) is 18.7 Å². The molecule has 2 amide bonds. The molecule has 2 heterocycles. The van der Waals surface area contributed by atoms with Gasteiger partial charge in [0.05, 0.1) is 22.8 Å². The highest BCUT2D eigenvalue weighted by Gasteiger charge is 2.28. The summed E-state index contributed by atoms with van der Waals surface area (Å²) < 4.78 is 5.12. The van der Waals surface area contributed by atoms with Gasteiger partial charge in [-0.15, -0.1) is 16.4 Å². The normalized spacial score (nSPS) is 10.6. The van der Waals surface area contributed by atoms with E-state index in [9.17, 15) is 14.4 Å². The van der Waals surface area contributed by atoms with Crippen molar-refractivity contribution < 1.29 is 19.1 Å². The smallest absolute Gasteiger partial charge is 0.341 e. The molecule has 12 heteroatoms. The number of nitrogens with zero attached hydrogens (tertiary/aromatic N) is 3. The zero-order valence-electron chi connectivity index (χ0n) is 16.7. The van der Waals surface area contributed by atoms with Crippen molar-refractivity contribution in [3.8, 4) is 0 Å². The van der Waals surface area contributed by atoms with Gasteiger partial charge in [0.2, 0.25) is 17.0 Å². The number of amides is 2. The van der Waals surface area contributed by atoms with E-state index in [1.807, 2.05) is 13.8 Å². The molecule has 0 spiro atoms. The summed E-state index contributed by atoms with van der Waals surface area (Å²) in [4.78, 5) is 43.6. The first-order valence-corrected chi connectivity index (χ1v) is 10.8. The second-order valence-electron chi connectivity index (χ2n) is 5.80. The highest BCUT2D eigenvalue weighted by molar-refractivity contribution is 7.99. The van der Waals surface area contributed by atoms with Crippen LogP contribution < -0.4 is 11.1 Å². The van der Waals surface area contributed by atoms with Gasteiger partial charge in [-0.25, -0.2) is 9.89 Å². The molecule has 29 heavy (non-hydrogen) atoms. The minimum absolute atomic E-state index is 0.00975. The average Bonchev–Trinajstić information content (AvgIpc) is 3.24. The van der Waals surface area contributed by atoms with Gasteiger partial charge in [0, 0.05) is 13.1 Å². The lowest BCUT2D eigenvalue weighted by atomic mass is 10.1. The van der Waals surface area contributed by atoms with Crippen molar-refractivity contribution in [2.75, 3.05) is 36.5 Å². The van der Waals surface area contributed by atoms with Gasteiger partial charge in [0.1, 0.15) is 5.00 Å². The number of nitrogens with two attached hydrogens (primary N) is 1. The van der Waals surface area contributed by atoms with Gasteiger partial charge in [-0.2, -0.15) is 4.98 Å². The van der Waals surface area contributed by atoms with E-state index in [4.69, 9.17) is 10.5 Å². The van der Waals surface area contributed by atoms with E-state index in [0.29, 0.717) is 28.7 Å². The summed E-state index contributed by atoms with van der Waals surface area (Å²) in [7, 11) is 0. The van der Waals surface area contributed by atoms with Gasteiger partial charge >= 0.3 is 5.97 Å². The number of carbonyl (C=O) groups is 3. The number of ether oxygens (including phenoxy) is 1. The van der Waals surface area contributed by atoms with Crippen molar-refractivity contribution in [3.63, 3.8) is 0 Å². The Labute approximate surface area is 176 Å². The second-order valence-corrected chi connectivity index (χ2v) is 7.76. The third-order valence-electron chi connectivity index (χ3n) is 3.94. The van der Waals surface area contributed by atoms with Crippen LogP contribution in [0.1, 0.15) is 46.4 Å². The van der Waals surface area contributed by atoms with E-state index in [2.05, 4.69) is 20.5 Å². The first-order chi connectivity index (χ1) is 13.8. The molecule has 0 bridgehead atoms. The molecule has 0 aliphatic carbocycles. The molecule has 0 saturated heterocycles. The number of rotatable bonds is 9. The van der Waals surface area contributed by atoms with E-state index in [0.717, 1.165) is 23.1 Å². The maximum atomic E-state index is 12.8. The second kappa shape index (κ2) is 10.3. The van der Waals surface area contributed by atoms with Crippen molar-refractivity contribution in [2.45, 2.75) is 32.9 Å². The van der Waals surface area contributed by atoms with E-state index in [1.165, 1.54) is 0 Å². The average molecular weight is 441 g/mol. The molecular formula is C17H24N6O4S2. The first kappa shape index (κ1) is 22.7. The number of hydrogen-bond acceptors (Lipinski definition) is 9. The van der Waals surface area contributed by atoms with Crippen LogP contribution in [0.25, 0.3) is 0 Å². The van der Waals surface area contributed by atoms with Gasteiger partial charge < -0.3 is 20.7 Å². The molecule has 10 nitrogen and oxygen atoms in total. The topological polar surface area (TPSA) is 143 Å². The van der Waals surface area contributed by atoms with Gasteiger partial charge in [0.25, 0.3) is 5.91 Å². The maximum Gasteiger partial charge on any atom is 0.341 e. The van der Waals surface area contributed by atoms with Crippen LogP contribution in [0.5, 0.6) is 0 Å². The number of aromatic nitrogens is 3. The van der Waals surface area contributed by atoms with E-state index >= 15 is 0 Å². The van der Waals surface area contributed by atoms with Crippen LogP contribution in [0.15, 0.2) is 5.16 Å². The molecular weight excluding hydrogens is 416 g/mol. The fraction of sp³-hybridized carbons (Fsp3) is 0.471. The van der Waals surface area contributed by atoms with Crippen molar-refractivity contribution >= 4 is 51.8 Å². The highest BCUT2D eigenvalue weighted by Crippen LogP contribution is 2.35. The van der Waals surface area contributed by atoms with Crippen LogP contribution in [0, 0.1) is 6.92 Å². The van der Waals surface area contributed by atoms with E-state index in [-0.39, 0.29) is 40.7 Å². The molecule has 0 aromatic carbocycles. The summed E-state index contributed by atoms with van der Waals surface area (Å²) in [6, 6.07) is 0. The molecule has 0 aliphatic rings. The summed E-state index contributed by atoms with van der Waals surface area (Å²) >= 11 is 2.16. The zero-order valence-corrected chi connectivity index (χ0v) is 18.3. The van der Waals surface area contributed by atoms with Crippen molar-refractivity contribution in [1.29, 1.82) is 0 Å². The summed E-state index contributed by atoms with van der Waals surface area (Å²) in [5.74, 6) is -0.966. The highest BCUT2D eigenvalue weighted by atomic mass is 32.2. The van der Waals surface area contributed by atoms with Gasteiger partial charge in [-0.1, -0.05) is 11.8 Å². The summed E-state index contributed by atoms with van der Waals surface area (Å²) in [5, 5.41) is 9.67. The summed E-state index contributed by atoms with van der Waals surface area (Å²) in [6.45, 7) is 8.40. The maximum absolute atomic E-state index is 12.8. The van der Waals surface area contributed by atoms with Gasteiger partial charge in [-0.3, -0.25) is 9.59 Å². The number of carbonyl (C=O) groups excluding carboxylic acids is 3. The zero-order chi connectivity index (χ0) is 21.6. The number of nitrogens with one attached hydrogen (secondary N) is 2. The van der Waals surface area contributed by atoms with Crippen LogP contribution in [-0.4, -0.2) is 63.3 Å². The lowest BCUT2D eigenvalue weighted by molar-refractivity contribution is -0.113. The largest absolute Gasteiger partial charge is 0.462 e. The Morgan fingerprint density at radius 3 is 2.52 bits per heavy atom. The summed E-state index contributed by atoms with van der Waals surface area (Å²) in [6.07, 6.45) is 0. The van der Waals surface area contributed by atoms with Gasteiger partial charge in [0.15, 0.2) is 0 Å². The molecule has 4 N–H and O–H groups in total. The molecule has 2 aromatic heterocycles. The van der Waals surface area contributed by atoms with Crippen molar-refractivity contribution in [2.24, 2.45) is 0 Å². The predicted molar refractivity (Wildman–Crippen MR) is 112 cm³/mol. The lowest BCUT2D eigenvalue weighted by Crippen LogP contribution is -2.30. The molecule has 0 atom stereocenters. The molecule has 0 aliphatic heterocycles. The predicted octanol–water partition coefficient (Wildman–Crippen LogP) is 2.15. The number of thioether (sulfide) groups is 1. The fourth-order valence-electron chi connectivity index (χ4n) is 2.52. The number of nitrogen functional groups attached to an aromatic ring is 1. The van der Waals surface area contributed by atoms with Crippen LogP contribution >= 0.6 is 23.1 Å². The van der Waals surface area contributed by atoms with E-state index < -0.39 is 5.97 Å². The number of anilines is 2. The quantitative estimate of drug-likeness (QED) is 0.397. The minimum Gasteiger partial charge on any atom is -0.462 e. The fourth-order valence-corrected chi connectivity index (χ4v) is 4.31. The third-order valence-corrected chi connectivity index (χ3v) is 5.98. The Morgan fingerprint density at radius 2 is 1.97 bits per heavy atom. The Hall–Kier alpha value is -2.60. The third kappa shape index (κ3) is 5.48. The molecule has 0 fully saturated rings. The Kier molecular flexibility index (Phi) is 8.02. The Morgan fingerprint density at radius 1 is 1.28 bits per heavy atom. The van der Waals surface area contributed by atoms with Crippen LogP contribution in [0.4, 0.5) is 10.9 Å². The Bertz CT molecular complexity index is 891. The number of thiophene rings is 1. The van der Waals surface area contributed by atoms with Crippen molar-refractivity contribution in [3.05, 3.63) is 16.0 Å². The number of H-pyrrole nitrogens is 1. The van der Waals surface area contributed by atoms with Gasteiger partial charge in [-0.05, 0) is 33.3 Å². The molecule has 2 aromatic rings.